The van der Waals surface area contributed by atoms with E-state index in [9.17, 15) is 9.90 Å². The molecule has 3 unspecified atom stereocenters. The fourth-order valence-corrected chi connectivity index (χ4v) is 3.98. The van der Waals surface area contributed by atoms with Crippen LogP contribution >= 0.6 is 11.8 Å². The summed E-state index contributed by atoms with van der Waals surface area (Å²) < 4.78 is 0. The van der Waals surface area contributed by atoms with E-state index in [1.807, 2.05) is 36.0 Å². The van der Waals surface area contributed by atoms with Crippen LogP contribution in [0.4, 0.5) is 0 Å². The van der Waals surface area contributed by atoms with Crippen LogP contribution in [0.1, 0.15) is 23.6 Å². The molecule has 96 valence electrons. The highest BCUT2D eigenvalue weighted by Crippen LogP contribution is 2.32. The SMILES string of the molecule is O=C(NC1c2ccccc2CC1O)C1CCSC1. The van der Waals surface area contributed by atoms with E-state index in [0.29, 0.717) is 6.42 Å². The van der Waals surface area contributed by atoms with Crippen molar-refractivity contribution in [3.63, 3.8) is 0 Å². The number of hydrogen-bond donors (Lipinski definition) is 2. The first kappa shape index (κ1) is 12.1. The highest BCUT2D eigenvalue weighted by molar-refractivity contribution is 7.99. The minimum absolute atomic E-state index is 0.0979. The molecule has 1 saturated heterocycles. The third-order valence-electron chi connectivity index (χ3n) is 3.80. The van der Waals surface area contributed by atoms with E-state index in [-0.39, 0.29) is 17.9 Å². The smallest absolute Gasteiger partial charge is 0.224 e. The molecule has 0 aromatic heterocycles. The Morgan fingerprint density at radius 1 is 1.39 bits per heavy atom. The number of thioether (sulfide) groups is 1. The van der Waals surface area contributed by atoms with Crippen molar-refractivity contribution in [2.45, 2.75) is 25.0 Å². The van der Waals surface area contributed by atoms with Crippen molar-refractivity contribution >= 4 is 17.7 Å². The molecule has 2 N–H and O–H groups in total. The molecule has 3 rings (SSSR count). The highest BCUT2D eigenvalue weighted by atomic mass is 32.2. The maximum atomic E-state index is 12.1. The summed E-state index contributed by atoms with van der Waals surface area (Å²) in [5.74, 6) is 2.20. The van der Waals surface area contributed by atoms with Gasteiger partial charge in [0.05, 0.1) is 12.1 Å². The van der Waals surface area contributed by atoms with E-state index in [1.165, 1.54) is 0 Å². The molecule has 18 heavy (non-hydrogen) atoms. The van der Waals surface area contributed by atoms with Crippen molar-refractivity contribution in [1.29, 1.82) is 0 Å². The molecule has 1 aliphatic carbocycles. The summed E-state index contributed by atoms with van der Waals surface area (Å²) in [6.45, 7) is 0. The molecule has 0 spiro atoms. The first-order valence-electron chi connectivity index (χ1n) is 6.39. The van der Waals surface area contributed by atoms with Crippen LogP contribution in [-0.2, 0) is 11.2 Å². The zero-order valence-electron chi connectivity index (χ0n) is 10.1. The number of aliphatic hydroxyl groups is 1. The Balaban J connectivity index is 1.74. The van der Waals surface area contributed by atoms with Crippen molar-refractivity contribution in [3.8, 4) is 0 Å². The van der Waals surface area contributed by atoms with E-state index in [2.05, 4.69) is 5.32 Å². The molecule has 0 saturated carbocycles. The van der Waals surface area contributed by atoms with Gasteiger partial charge in [-0.05, 0) is 23.3 Å². The minimum Gasteiger partial charge on any atom is -0.390 e. The summed E-state index contributed by atoms with van der Waals surface area (Å²) >= 11 is 1.83. The lowest BCUT2D eigenvalue weighted by Crippen LogP contribution is -2.37. The van der Waals surface area contributed by atoms with Crippen LogP contribution < -0.4 is 5.32 Å². The van der Waals surface area contributed by atoms with Gasteiger partial charge in [0.1, 0.15) is 0 Å². The van der Waals surface area contributed by atoms with E-state index in [4.69, 9.17) is 0 Å². The van der Waals surface area contributed by atoms with Gasteiger partial charge in [-0.3, -0.25) is 4.79 Å². The molecule has 1 heterocycles. The molecule has 1 aliphatic heterocycles. The second kappa shape index (κ2) is 4.94. The zero-order chi connectivity index (χ0) is 12.5. The van der Waals surface area contributed by atoms with Crippen molar-refractivity contribution in [3.05, 3.63) is 35.4 Å². The number of carbonyl (C=O) groups is 1. The lowest BCUT2D eigenvalue weighted by atomic mass is 10.0. The van der Waals surface area contributed by atoms with Gasteiger partial charge in [-0.1, -0.05) is 24.3 Å². The number of benzene rings is 1. The number of amides is 1. The third kappa shape index (κ3) is 2.15. The summed E-state index contributed by atoms with van der Waals surface area (Å²) in [4.78, 5) is 12.1. The van der Waals surface area contributed by atoms with Crippen LogP contribution in [0.3, 0.4) is 0 Å². The molecule has 1 amide bonds. The van der Waals surface area contributed by atoms with E-state index >= 15 is 0 Å². The van der Waals surface area contributed by atoms with Gasteiger partial charge in [-0.2, -0.15) is 11.8 Å². The molecule has 1 fully saturated rings. The fourth-order valence-electron chi connectivity index (χ4n) is 2.76. The van der Waals surface area contributed by atoms with Crippen LogP contribution in [0.15, 0.2) is 24.3 Å². The van der Waals surface area contributed by atoms with Gasteiger partial charge in [0.15, 0.2) is 0 Å². The van der Waals surface area contributed by atoms with Gasteiger partial charge in [-0.25, -0.2) is 0 Å². The minimum atomic E-state index is -0.486. The van der Waals surface area contributed by atoms with Gasteiger partial charge >= 0.3 is 0 Å². The van der Waals surface area contributed by atoms with Gasteiger partial charge in [0.2, 0.25) is 5.91 Å². The average Bonchev–Trinajstić information content (AvgIpc) is 2.98. The molecular formula is C14H17NO2S. The maximum Gasteiger partial charge on any atom is 0.224 e. The van der Waals surface area contributed by atoms with Gasteiger partial charge in [0.25, 0.3) is 0 Å². The third-order valence-corrected chi connectivity index (χ3v) is 4.96. The Morgan fingerprint density at radius 3 is 3.00 bits per heavy atom. The molecule has 1 aromatic carbocycles. The predicted octanol–water partition coefficient (Wildman–Crippen LogP) is 1.51. The van der Waals surface area contributed by atoms with Gasteiger partial charge in [-0.15, -0.1) is 0 Å². The number of rotatable bonds is 2. The zero-order valence-corrected chi connectivity index (χ0v) is 11.0. The normalized spacial score (nSPS) is 30.2. The Hall–Kier alpha value is -1.00. The molecule has 4 heteroatoms. The number of aliphatic hydroxyl groups excluding tert-OH is 1. The molecule has 3 atom stereocenters. The van der Waals surface area contributed by atoms with Crippen molar-refractivity contribution in [2.24, 2.45) is 5.92 Å². The average molecular weight is 263 g/mol. The summed E-state index contributed by atoms with van der Waals surface area (Å²) in [5, 5.41) is 13.1. The van der Waals surface area contributed by atoms with Crippen LogP contribution in [0.5, 0.6) is 0 Å². The Bertz CT molecular complexity index is 457. The Morgan fingerprint density at radius 2 is 2.22 bits per heavy atom. The Labute approximate surface area is 111 Å². The first-order valence-corrected chi connectivity index (χ1v) is 7.55. The van der Waals surface area contributed by atoms with Crippen LogP contribution in [-0.4, -0.2) is 28.6 Å². The highest BCUT2D eigenvalue weighted by Gasteiger charge is 2.34. The van der Waals surface area contributed by atoms with Crippen molar-refractivity contribution < 1.29 is 9.90 Å². The van der Waals surface area contributed by atoms with Crippen molar-refractivity contribution in [2.75, 3.05) is 11.5 Å². The second-order valence-electron chi connectivity index (χ2n) is 5.02. The summed E-state index contributed by atoms with van der Waals surface area (Å²) in [6.07, 6.45) is 1.11. The van der Waals surface area contributed by atoms with Crippen LogP contribution in [0.2, 0.25) is 0 Å². The van der Waals surface area contributed by atoms with Gasteiger partial charge < -0.3 is 10.4 Å². The first-order chi connectivity index (χ1) is 8.75. The summed E-state index contributed by atoms with van der Waals surface area (Å²) in [5.41, 5.74) is 2.22. The molecule has 2 aliphatic rings. The standard InChI is InChI=1S/C14H17NO2S/c16-12-7-9-3-1-2-4-11(9)13(12)15-14(17)10-5-6-18-8-10/h1-4,10,12-13,16H,5-8H2,(H,15,17). The maximum absolute atomic E-state index is 12.1. The summed E-state index contributed by atoms with van der Waals surface area (Å²) in [7, 11) is 0. The second-order valence-corrected chi connectivity index (χ2v) is 6.17. The molecule has 0 radical (unpaired) electrons. The largest absolute Gasteiger partial charge is 0.390 e. The quantitative estimate of drug-likeness (QED) is 0.850. The molecule has 0 bridgehead atoms. The molecular weight excluding hydrogens is 246 g/mol. The van der Waals surface area contributed by atoms with E-state index in [1.54, 1.807) is 0 Å². The van der Waals surface area contributed by atoms with Crippen LogP contribution in [0.25, 0.3) is 0 Å². The van der Waals surface area contributed by atoms with Gasteiger partial charge in [0, 0.05) is 18.1 Å². The van der Waals surface area contributed by atoms with Crippen LogP contribution in [0, 0.1) is 5.92 Å². The number of fused-ring (bicyclic) bond motifs is 1. The van der Waals surface area contributed by atoms with E-state index in [0.717, 1.165) is 29.1 Å². The monoisotopic (exact) mass is 263 g/mol. The molecule has 3 nitrogen and oxygen atoms in total. The summed E-state index contributed by atoms with van der Waals surface area (Å²) in [6, 6.07) is 7.74. The lowest BCUT2D eigenvalue weighted by Gasteiger charge is -2.20. The van der Waals surface area contributed by atoms with Crippen molar-refractivity contribution in [1.82, 2.24) is 5.32 Å². The number of hydrogen-bond acceptors (Lipinski definition) is 3. The Kier molecular flexibility index (Phi) is 3.31. The topological polar surface area (TPSA) is 49.3 Å². The number of carbonyl (C=O) groups excluding carboxylic acids is 1. The fraction of sp³-hybridized carbons (Fsp3) is 0.500. The number of nitrogens with one attached hydrogen (secondary N) is 1. The lowest BCUT2D eigenvalue weighted by molar-refractivity contribution is -0.125. The molecule has 1 aromatic rings. The predicted molar refractivity (Wildman–Crippen MR) is 72.5 cm³/mol. The van der Waals surface area contributed by atoms with E-state index < -0.39 is 6.10 Å².